The van der Waals surface area contributed by atoms with Gasteiger partial charge in [-0.25, -0.2) is 8.78 Å². The molecule has 0 fully saturated rings. The van der Waals surface area contributed by atoms with Crippen LogP contribution in [0.5, 0.6) is 0 Å². The van der Waals surface area contributed by atoms with Crippen molar-refractivity contribution in [1.82, 2.24) is 5.16 Å². The summed E-state index contributed by atoms with van der Waals surface area (Å²) in [5, 5.41) is 6.07. The van der Waals surface area contributed by atoms with E-state index in [1.165, 1.54) is 18.2 Å². The van der Waals surface area contributed by atoms with E-state index in [1.807, 2.05) is 31.2 Å². The highest BCUT2D eigenvalue weighted by Gasteiger charge is 2.17. The largest absolute Gasteiger partial charge is 0.350 e. The number of benzene rings is 2. The van der Waals surface area contributed by atoms with Gasteiger partial charge in [-0.15, -0.1) is 0 Å². The summed E-state index contributed by atoms with van der Waals surface area (Å²) < 4.78 is 31.7. The van der Waals surface area contributed by atoms with Gasteiger partial charge in [0.05, 0.1) is 5.69 Å². The summed E-state index contributed by atoms with van der Waals surface area (Å²) in [7, 11) is 0. The minimum atomic E-state index is -1.13. The monoisotopic (exact) mass is 314 g/mol. The first-order valence-electron chi connectivity index (χ1n) is 6.84. The molecule has 1 aromatic heterocycles. The van der Waals surface area contributed by atoms with E-state index in [0.717, 1.165) is 17.2 Å². The highest BCUT2D eigenvalue weighted by Crippen LogP contribution is 2.21. The molecule has 2 aromatic carbocycles. The van der Waals surface area contributed by atoms with E-state index in [0.29, 0.717) is 5.69 Å². The lowest BCUT2D eigenvalue weighted by atomic mass is 10.1. The Morgan fingerprint density at radius 1 is 1.13 bits per heavy atom. The van der Waals surface area contributed by atoms with E-state index in [1.54, 1.807) is 0 Å². The van der Waals surface area contributed by atoms with Crippen LogP contribution in [0, 0.1) is 18.6 Å². The SMILES string of the molecule is Cc1ccc(-c2cc(C(=O)Nc3cccc(F)c3F)on2)cc1. The maximum absolute atomic E-state index is 13.5. The lowest BCUT2D eigenvalue weighted by molar-refractivity contribution is 0.0987. The number of rotatable bonds is 3. The van der Waals surface area contributed by atoms with E-state index in [-0.39, 0.29) is 11.4 Å². The summed E-state index contributed by atoms with van der Waals surface area (Å²) >= 11 is 0. The predicted octanol–water partition coefficient (Wildman–Crippen LogP) is 4.18. The number of nitrogens with zero attached hydrogens (tertiary/aromatic N) is 1. The molecule has 1 heterocycles. The Morgan fingerprint density at radius 3 is 2.61 bits per heavy atom. The molecule has 0 aliphatic heterocycles. The van der Waals surface area contributed by atoms with E-state index in [2.05, 4.69) is 10.5 Å². The molecule has 1 amide bonds. The van der Waals surface area contributed by atoms with Gasteiger partial charge < -0.3 is 9.84 Å². The minimum absolute atomic E-state index is 0.0933. The minimum Gasteiger partial charge on any atom is -0.350 e. The third-order valence-electron chi connectivity index (χ3n) is 3.28. The number of nitrogens with one attached hydrogen (secondary N) is 1. The van der Waals surface area contributed by atoms with Crippen molar-refractivity contribution in [3.8, 4) is 11.3 Å². The van der Waals surface area contributed by atoms with Gasteiger partial charge in [0, 0.05) is 11.6 Å². The maximum atomic E-state index is 13.5. The van der Waals surface area contributed by atoms with E-state index < -0.39 is 17.5 Å². The second kappa shape index (κ2) is 6.00. The number of hydrogen-bond donors (Lipinski definition) is 1. The molecule has 4 nitrogen and oxygen atoms in total. The Balaban J connectivity index is 1.81. The van der Waals surface area contributed by atoms with Gasteiger partial charge in [0.1, 0.15) is 5.69 Å². The molecule has 0 atom stereocenters. The van der Waals surface area contributed by atoms with Crippen LogP contribution in [0.25, 0.3) is 11.3 Å². The van der Waals surface area contributed by atoms with Crippen molar-refractivity contribution in [3.63, 3.8) is 0 Å². The van der Waals surface area contributed by atoms with Crippen LogP contribution in [0.4, 0.5) is 14.5 Å². The molecule has 0 aliphatic carbocycles. The van der Waals surface area contributed by atoms with Crippen molar-refractivity contribution in [3.05, 3.63) is 71.5 Å². The molecule has 3 aromatic rings. The van der Waals surface area contributed by atoms with Crippen LogP contribution in [-0.4, -0.2) is 11.1 Å². The first-order valence-corrected chi connectivity index (χ1v) is 6.84. The molecule has 0 saturated carbocycles. The Hall–Kier alpha value is -3.02. The molecule has 0 aliphatic rings. The van der Waals surface area contributed by atoms with E-state index in [9.17, 15) is 13.6 Å². The molecule has 0 radical (unpaired) electrons. The van der Waals surface area contributed by atoms with Crippen LogP contribution in [0.3, 0.4) is 0 Å². The molecular weight excluding hydrogens is 302 g/mol. The Labute approximate surface area is 130 Å². The first kappa shape index (κ1) is 14.9. The molecule has 6 heteroatoms. The normalized spacial score (nSPS) is 10.6. The number of aromatic nitrogens is 1. The fourth-order valence-corrected chi connectivity index (χ4v) is 2.03. The number of hydrogen-bond acceptors (Lipinski definition) is 3. The molecular formula is C17H12F2N2O2. The van der Waals surface area contributed by atoms with Crippen molar-refractivity contribution in [1.29, 1.82) is 0 Å². The summed E-state index contributed by atoms with van der Waals surface area (Å²) in [4.78, 5) is 12.0. The zero-order chi connectivity index (χ0) is 16.4. The number of anilines is 1. The number of halogens is 2. The smallest absolute Gasteiger partial charge is 0.294 e. The second-order valence-electron chi connectivity index (χ2n) is 5.00. The fraction of sp³-hybridized carbons (Fsp3) is 0.0588. The average Bonchev–Trinajstić information content (AvgIpc) is 3.02. The summed E-state index contributed by atoms with van der Waals surface area (Å²) in [6.45, 7) is 1.96. The maximum Gasteiger partial charge on any atom is 0.294 e. The van der Waals surface area contributed by atoms with Gasteiger partial charge in [-0.05, 0) is 19.1 Å². The third-order valence-corrected chi connectivity index (χ3v) is 3.28. The lowest BCUT2D eigenvalue weighted by Gasteiger charge is -2.04. The zero-order valence-corrected chi connectivity index (χ0v) is 12.1. The molecule has 0 bridgehead atoms. The van der Waals surface area contributed by atoms with Gasteiger partial charge in [0.25, 0.3) is 5.91 Å². The van der Waals surface area contributed by atoms with Crippen molar-refractivity contribution in [2.24, 2.45) is 0 Å². The summed E-state index contributed by atoms with van der Waals surface area (Å²) in [5.74, 6) is -2.97. The first-order chi connectivity index (χ1) is 11.0. The van der Waals surface area contributed by atoms with Crippen molar-refractivity contribution >= 4 is 11.6 Å². The van der Waals surface area contributed by atoms with Gasteiger partial charge in [-0.3, -0.25) is 4.79 Å². The fourth-order valence-electron chi connectivity index (χ4n) is 2.03. The molecule has 116 valence electrons. The van der Waals surface area contributed by atoms with Crippen molar-refractivity contribution in [2.75, 3.05) is 5.32 Å². The Morgan fingerprint density at radius 2 is 1.87 bits per heavy atom. The topological polar surface area (TPSA) is 55.1 Å². The number of carbonyl (C=O) groups is 1. The van der Waals surface area contributed by atoms with Crippen LogP contribution in [0.2, 0.25) is 0 Å². The number of carbonyl (C=O) groups excluding carboxylic acids is 1. The Bertz CT molecular complexity index is 857. The van der Waals surface area contributed by atoms with Gasteiger partial charge in [-0.2, -0.15) is 0 Å². The van der Waals surface area contributed by atoms with Gasteiger partial charge in [0.2, 0.25) is 5.76 Å². The highest BCUT2D eigenvalue weighted by molar-refractivity contribution is 6.02. The van der Waals surface area contributed by atoms with Crippen LogP contribution in [-0.2, 0) is 0 Å². The zero-order valence-electron chi connectivity index (χ0n) is 12.1. The summed E-state index contributed by atoms with van der Waals surface area (Å²) in [6, 6.07) is 12.5. The van der Waals surface area contributed by atoms with Crippen molar-refractivity contribution < 1.29 is 18.1 Å². The van der Waals surface area contributed by atoms with Crippen LogP contribution in [0.1, 0.15) is 16.1 Å². The van der Waals surface area contributed by atoms with E-state index in [4.69, 9.17) is 4.52 Å². The third kappa shape index (κ3) is 3.11. The molecule has 0 spiro atoms. The molecule has 23 heavy (non-hydrogen) atoms. The number of aryl methyl sites for hydroxylation is 1. The highest BCUT2D eigenvalue weighted by atomic mass is 19.2. The molecule has 1 N–H and O–H groups in total. The van der Waals surface area contributed by atoms with Crippen LogP contribution in [0.15, 0.2) is 53.1 Å². The van der Waals surface area contributed by atoms with Crippen molar-refractivity contribution in [2.45, 2.75) is 6.92 Å². The predicted molar refractivity (Wildman–Crippen MR) is 81.0 cm³/mol. The molecule has 0 saturated heterocycles. The average molecular weight is 314 g/mol. The Kier molecular flexibility index (Phi) is 3.89. The van der Waals surface area contributed by atoms with E-state index >= 15 is 0 Å². The van der Waals surface area contributed by atoms with Crippen LogP contribution >= 0.6 is 0 Å². The molecule has 0 unspecified atom stereocenters. The molecule has 3 rings (SSSR count). The van der Waals surface area contributed by atoms with Crippen LogP contribution < -0.4 is 5.32 Å². The van der Waals surface area contributed by atoms with Gasteiger partial charge in [0.15, 0.2) is 11.6 Å². The second-order valence-corrected chi connectivity index (χ2v) is 5.00. The lowest BCUT2D eigenvalue weighted by Crippen LogP contribution is -2.12. The standard InChI is InChI=1S/C17H12F2N2O2/c1-10-5-7-11(8-6-10)14-9-15(23-21-14)17(22)20-13-4-2-3-12(18)16(13)19/h2-9H,1H3,(H,20,22). The van der Waals surface area contributed by atoms with Gasteiger partial charge >= 0.3 is 0 Å². The summed E-state index contributed by atoms with van der Waals surface area (Å²) in [6.07, 6.45) is 0. The quantitative estimate of drug-likeness (QED) is 0.789. The number of amides is 1. The summed E-state index contributed by atoms with van der Waals surface area (Å²) in [5.41, 5.74) is 2.10. The van der Waals surface area contributed by atoms with Gasteiger partial charge in [-0.1, -0.05) is 41.1 Å².